The number of benzene rings is 1. The number of halogens is 2. The van der Waals surface area contributed by atoms with Crippen LogP contribution in [0.15, 0.2) is 29.2 Å². The summed E-state index contributed by atoms with van der Waals surface area (Å²) in [5.74, 6) is -1.20. The third kappa shape index (κ3) is 2.13. The lowest BCUT2D eigenvalue weighted by molar-refractivity contribution is 0.0798. The molecule has 0 bridgehead atoms. The van der Waals surface area contributed by atoms with Gasteiger partial charge in [-0.25, -0.2) is 9.18 Å². The van der Waals surface area contributed by atoms with E-state index in [9.17, 15) is 14.0 Å². The number of hydrogen-bond donors (Lipinski definition) is 0. The molecule has 0 amide bonds. The van der Waals surface area contributed by atoms with E-state index in [1.54, 1.807) is 6.07 Å². The summed E-state index contributed by atoms with van der Waals surface area (Å²) < 4.78 is 19.7. The first-order valence-corrected chi connectivity index (χ1v) is 6.67. The van der Waals surface area contributed by atoms with E-state index in [0.29, 0.717) is 5.52 Å². The Morgan fingerprint density at radius 1 is 1.42 bits per heavy atom. The maximum atomic E-state index is 13.3. The molecule has 0 atom stereocenters. The second-order valence-corrected chi connectivity index (χ2v) is 4.98. The van der Waals surface area contributed by atoms with E-state index in [4.69, 9.17) is 0 Å². The fourth-order valence-corrected chi connectivity index (χ4v) is 2.41. The number of carbonyl (C=O) groups is 1. The van der Waals surface area contributed by atoms with Gasteiger partial charge in [0.25, 0.3) is 0 Å². The summed E-state index contributed by atoms with van der Waals surface area (Å²) in [6.45, 7) is 0. The number of fused-ring (bicyclic) bond motifs is 1. The van der Waals surface area contributed by atoms with Crippen molar-refractivity contribution in [2.45, 2.75) is 18.9 Å². The summed E-state index contributed by atoms with van der Waals surface area (Å²) in [4.78, 5) is 23.8. The molecule has 0 saturated heterocycles. The summed E-state index contributed by atoms with van der Waals surface area (Å²) in [6.07, 6.45) is 3.50. The average molecular weight is 373 g/mol. The molecule has 1 aliphatic carbocycles. The number of aromatic nitrogens is 1. The zero-order chi connectivity index (χ0) is 13.6. The summed E-state index contributed by atoms with van der Waals surface area (Å²) >= 11 is 1.44. The zero-order valence-corrected chi connectivity index (χ0v) is 11.9. The molecule has 1 aliphatic rings. The number of carbonyl (C=O) groups excluding carboxylic acids is 1. The van der Waals surface area contributed by atoms with Crippen molar-refractivity contribution in [3.8, 4) is 0 Å². The van der Waals surface area contributed by atoms with Gasteiger partial charge in [0.1, 0.15) is 11.4 Å². The number of pyridine rings is 1. The molecule has 6 heteroatoms. The summed E-state index contributed by atoms with van der Waals surface area (Å²) in [5, 5.41) is 0.214. The molecule has 2 aromatic rings. The quantitative estimate of drug-likeness (QED) is 0.761. The minimum atomic E-state index is -0.703. The Balaban J connectivity index is 2.37. The molecule has 1 heterocycles. The van der Waals surface area contributed by atoms with Gasteiger partial charge in [-0.1, -0.05) is 0 Å². The van der Waals surface area contributed by atoms with Crippen molar-refractivity contribution in [3.05, 3.63) is 46.0 Å². The first kappa shape index (κ1) is 12.6. The molecule has 1 fully saturated rings. The van der Waals surface area contributed by atoms with Gasteiger partial charge in [0.15, 0.2) is 23.0 Å². The highest BCUT2D eigenvalue weighted by Crippen LogP contribution is 2.37. The molecular formula is C13H9FINO3. The Labute approximate surface area is 121 Å². The smallest absolute Gasteiger partial charge is 0.353 e. The van der Waals surface area contributed by atoms with Crippen LogP contribution in [0.25, 0.3) is 10.9 Å². The highest BCUT2D eigenvalue weighted by molar-refractivity contribution is 14.1. The first-order valence-electron chi connectivity index (χ1n) is 5.79. The van der Waals surface area contributed by atoms with Gasteiger partial charge in [0, 0.05) is 17.6 Å². The zero-order valence-electron chi connectivity index (χ0n) is 9.73. The number of hydrogen-bond acceptors (Lipinski definition) is 3. The molecule has 0 unspecified atom stereocenters. The van der Waals surface area contributed by atoms with E-state index < -0.39 is 17.2 Å². The van der Waals surface area contributed by atoms with Gasteiger partial charge in [-0.05, 0) is 31.0 Å². The largest absolute Gasteiger partial charge is 0.391 e. The third-order valence-electron chi connectivity index (χ3n) is 3.22. The predicted molar refractivity (Wildman–Crippen MR) is 75.9 cm³/mol. The fraction of sp³-hybridized carbons (Fsp3) is 0.231. The van der Waals surface area contributed by atoms with Crippen molar-refractivity contribution in [3.63, 3.8) is 0 Å². The summed E-state index contributed by atoms with van der Waals surface area (Å²) in [7, 11) is 0. The second-order valence-electron chi connectivity index (χ2n) is 4.54. The summed E-state index contributed by atoms with van der Waals surface area (Å²) in [5.41, 5.74) is 0.103. The van der Waals surface area contributed by atoms with Crippen LogP contribution in [-0.4, -0.2) is 10.5 Å². The normalized spacial score (nSPS) is 14.6. The number of rotatable bonds is 2. The molecule has 1 aromatic carbocycles. The van der Waals surface area contributed by atoms with Crippen molar-refractivity contribution in [2.75, 3.05) is 0 Å². The van der Waals surface area contributed by atoms with Crippen LogP contribution in [-0.2, 0) is 3.07 Å². The van der Waals surface area contributed by atoms with Gasteiger partial charge < -0.3 is 7.63 Å². The van der Waals surface area contributed by atoms with E-state index in [-0.39, 0.29) is 17.0 Å². The van der Waals surface area contributed by atoms with Crippen LogP contribution in [0.5, 0.6) is 0 Å². The SMILES string of the molecule is O=C(OI)c1cn(C2CC2)c2ccc(F)cc2c1=O. The minimum absolute atomic E-state index is 0.0561. The van der Waals surface area contributed by atoms with Crippen molar-refractivity contribution >= 4 is 39.9 Å². The van der Waals surface area contributed by atoms with Crippen LogP contribution in [0.2, 0.25) is 0 Å². The highest BCUT2D eigenvalue weighted by Gasteiger charge is 2.27. The summed E-state index contributed by atoms with van der Waals surface area (Å²) in [6, 6.07) is 4.33. The van der Waals surface area contributed by atoms with Gasteiger partial charge in [-0.15, -0.1) is 0 Å². The van der Waals surface area contributed by atoms with Gasteiger partial charge in [0.05, 0.1) is 5.52 Å². The Bertz CT molecular complexity index is 736. The van der Waals surface area contributed by atoms with Crippen LogP contribution in [0, 0.1) is 5.82 Å². The van der Waals surface area contributed by atoms with E-state index >= 15 is 0 Å². The van der Waals surface area contributed by atoms with Crippen LogP contribution >= 0.6 is 23.0 Å². The molecule has 19 heavy (non-hydrogen) atoms. The lowest BCUT2D eigenvalue weighted by Crippen LogP contribution is -2.19. The van der Waals surface area contributed by atoms with Crippen LogP contribution in [0.4, 0.5) is 4.39 Å². The highest BCUT2D eigenvalue weighted by atomic mass is 127. The lowest BCUT2D eigenvalue weighted by Gasteiger charge is -2.11. The third-order valence-corrected chi connectivity index (χ3v) is 3.62. The van der Waals surface area contributed by atoms with Crippen LogP contribution in [0.1, 0.15) is 29.2 Å². The lowest BCUT2D eigenvalue weighted by atomic mass is 10.1. The molecule has 0 spiro atoms. The van der Waals surface area contributed by atoms with Gasteiger partial charge in [0.2, 0.25) is 5.43 Å². The first-order chi connectivity index (χ1) is 9.11. The predicted octanol–water partition coefficient (Wildman–Crippen LogP) is 2.98. The molecule has 4 nitrogen and oxygen atoms in total. The maximum absolute atomic E-state index is 13.3. The van der Waals surface area contributed by atoms with E-state index in [1.165, 1.54) is 41.3 Å². The number of nitrogens with zero attached hydrogens (tertiary/aromatic N) is 1. The fourth-order valence-electron chi connectivity index (χ4n) is 2.17. The van der Waals surface area contributed by atoms with Crippen LogP contribution in [0.3, 0.4) is 0 Å². The molecule has 1 saturated carbocycles. The van der Waals surface area contributed by atoms with E-state index in [2.05, 4.69) is 3.07 Å². The second kappa shape index (κ2) is 4.59. The molecular weight excluding hydrogens is 364 g/mol. The Morgan fingerprint density at radius 3 is 2.79 bits per heavy atom. The van der Waals surface area contributed by atoms with Crippen molar-refractivity contribution in [2.24, 2.45) is 0 Å². The van der Waals surface area contributed by atoms with Crippen molar-refractivity contribution < 1.29 is 12.3 Å². The van der Waals surface area contributed by atoms with Gasteiger partial charge >= 0.3 is 5.97 Å². The van der Waals surface area contributed by atoms with Gasteiger partial charge in [-0.3, -0.25) is 4.79 Å². The minimum Gasteiger partial charge on any atom is -0.391 e. The maximum Gasteiger partial charge on any atom is 0.353 e. The molecule has 0 radical (unpaired) electrons. The average Bonchev–Trinajstić information content (AvgIpc) is 3.23. The van der Waals surface area contributed by atoms with Crippen molar-refractivity contribution in [1.29, 1.82) is 0 Å². The van der Waals surface area contributed by atoms with E-state index in [0.717, 1.165) is 12.8 Å². The Morgan fingerprint density at radius 2 is 2.16 bits per heavy atom. The topological polar surface area (TPSA) is 48.3 Å². The molecule has 98 valence electrons. The van der Waals surface area contributed by atoms with E-state index in [1.807, 2.05) is 4.57 Å². The van der Waals surface area contributed by atoms with Crippen LogP contribution < -0.4 is 5.43 Å². The Hall–Kier alpha value is -1.44. The Kier molecular flexibility index (Phi) is 3.04. The molecule has 1 aromatic heterocycles. The molecule has 3 rings (SSSR count). The molecule has 0 N–H and O–H groups in total. The monoisotopic (exact) mass is 373 g/mol. The molecule has 0 aliphatic heterocycles. The standard InChI is InChI=1S/C13H9FINO3/c14-7-1-4-11-9(5-7)12(17)10(13(18)19-15)6-16(11)8-2-3-8/h1,4-6,8H,2-3H2. The van der Waals surface area contributed by atoms with Crippen molar-refractivity contribution in [1.82, 2.24) is 4.57 Å². The van der Waals surface area contributed by atoms with Gasteiger partial charge in [-0.2, -0.15) is 0 Å².